The average molecular weight is 276 g/mol. The third-order valence-electron chi connectivity index (χ3n) is 2.68. The van der Waals surface area contributed by atoms with Crippen LogP contribution in [0.1, 0.15) is 31.1 Å². The number of nitrogens with zero attached hydrogens (tertiary/aromatic N) is 1. The number of carbonyl (C=O) groups is 1. The molecule has 1 atom stereocenters. The third kappa shape index (κ3) is 4.66. The van der Waals surface area contributed by atoms with Crippen LogP contribution in [0.25, 0.3) is 0 Å². The smallest absolute Gasteiger partial charge is 0.320 e. The molecule has 0 aliphatic heterocycles. The van der Waals surface area contributed by atoms with Gasteiger partial charge in [0.05, 0.1) is 4.34 Å². The fraction of sp³-hybridized carbons (Fsp3) is 0.583. The quantitative estimate of drug-likeness (QED) is 0.828. The van der Waals surface area contributed by atoms with Gasteiger partial charge in [-0.05, 0) is 25.6 Å². The van der Waals surface area contributed by atoms with Crippen LogP contribution < -0.4 is 0 Å². The van der Waals surface area contributed by atoms with Crippen LogP contribution in [0, 0.1) is 0 Å². The second-order valence-electron chi connectivity index (χ2n) is 4.12. The van der Waals surface area contributed by atoms with E-state index in [-0.39, 0.29) is 0 Å². The minimum atomic E-state index is -0.747. The fourth-order valence-corrected chi connectivity index (χ4v) is 2.87. The zero-order valence-electron chi connectivity index (χ0n) is 10.1. The zero-order chi connectivity index (χ0) is 12.8. The molecule has 0 amide bonds. The summed E-state index contributed by atoms with van der Waals surface area (Å²) in [4.78, 5) is 14.2. The SMILES string of the molecule is CCCCC(C(=O)O)N(C)Cc1ccc(Cl)s1. The van der Waals surface area contributed by atoms with Crippen molar-refractivity contribution in [3.8, 4) is 0 Å². The van der Waals surface area contributed by atoms with E-state index in [1.807, 2.05) is 24.1 Å². The third-order valence-corrected chi connectivity index (χ3v) is 3.90. The van der Waals surface area contributed by atoms with E-state index in [9.17, 15) is 9.90 Å². The highest BCUT2D eigenvalue weighted by molar-refractivity contribution is 7.16. The summed E-state index contributed by atoms with van der Waals surface area (Å²) in [5.74, 6) is -0.747. The van der Waals surface area contributed by atoms with E-state index in [0.717, 1.165) is 22.1 Å². The van der Waals surface area contributed by atoms with Crippen LogP contribution in [0.15, 0.2) is 12.1 Å². The van der Waals surface area contributed by atoms with Crippen LogP contribution >= 0.6 is 22.9 Å². The molecule has 0 aliphatic rings. The van der Waals surface area contributed by atoms with Crippen LogP contribution in [-0.2, 0) is 11.3 Å². The monoisotopic (exact) mass is 275 g/mol. The van der Waals surface area contributed by atoms with Gasteiger partial charge in [-0.15, -0.1) is 11.3 Å². The Morgan fingerprint density at radius 3 is 2.76 bits per heavy atom. The van der Waals surface area contributed by atoms with Crippen molar-refractivity contribution in [2.45, 2.75) is 38.8 Å². The Balaban J connectivity index is 2.58. The first kappa shape index (κ1) is 14.5. The molecule has 0 aliphatic carbocycles. The molecule has 1 rings (SSSR count). The predicted molar refractivity (Wildman–Crippen MR) is 71.7 cm³/mol. The number of unbranched alkanes of at least 4 members (excludes halogenated alkanes) is 1. The minimum absolute atomic E-state index is 0.407. The Kier molecular flexibility index (Phi) is 5.95. The van der Waals surface area contributed by atoms with Crippen molar-refractivity contribution in [1.29, 1.82) is 0 Å². The molecule has 1 aromatic rings. The van der Waals surface area contributed by atoms with E-state index in [1.54, 1.807) is 0 Å². The number of hydrogen-bond acceptors (Lipinski definition) is 3. The number of carboxylic acids is 1. The largest absolute Gasteiger partial charge is 0.480 e. The number of carboxylic acid groups (broad SMARTS) is 1. The lowest BCUT2D eigenvalue weighted by atomic mass is 10.1. The van der Waals surface area contributed by atoms with Crippen molar-refractivity contribution in [2.75, 3.05) is 7.05 Å². The van der Waals surface area contributed by atoms with Gasteiger partial charge < -0.3 is 5.11 Å². The van der Waals surface area contributed by atoms with Crippen molar-refractivity contribution in [2.24, 2.45) is 0 Å². The number of likely N-dealkylation sites (N-methyl/N-ethyl adjacent to an activating group) is 1. The zero-order valence-corrected chi connectivity index (χ0v) is 11.7. The molecule has 96 valence electrons. The Morgan fingerprint density at radius 1 is 1.59 bits per heavy atom. The molecule has 1 aromatic heterocycles. The van der Waals surface area contributed by atoms with Crippen LogP contribution in [0.3, 0.4) is 0 Å². The highest BCUT2D eigenvalue weighted by Crippen LogP contribution is 2.23. The van der Waals surface area contributed by atoms with Crippen LogP contribution in [-0.4, -0.2) is 29.1 Å². The molecule has 0 fully saturated rings. The molecule has 3 nitrogen and oxygen atoms in total. The van der Waals surface area contributed by atoms with Crippen molar-refractivity contribution < 1.29 is 9.90 Å². The summed E-state index contributed by atoms with van der Waals surface area (Å²) >= 11 is 7.35. The molecule has 0 bridgehead atoms. The van der Waals surface area contributed by atoms with Gasteiger partial charge in [0, 0.05) is 11.4 Å². The Hall–Kier alpha value is -0.580. The molecular weight excluding hydrogens is 258 g/mol. The molecule has 0 saturated heterocycles. The molecule has 0 saturated carbocycles. The lowest BCUT2D eigenvalue weighted by molar-refractivity contribution is -0.143. The van der Waals surface area contributed by atoms with E-state index >= 15 is 0 Å². The highest BCUT2D eigenvalue weighted by Gasteiger charge is 2.22. The topological polar surface area (TPSA) is 40.5 Å². The Labute approximate surface area is 111 Å². The summed E-state index contributed by atoms with van der Waals surface area (Å²) in [7, 11) is 1.85. The predicted octanol–water partition coefficient (Wildman–Crippen LogP) is 3.48. The first-order chi connectivity index (χ1) is 8.04. The number of aliphatic carboxylic acids is 1. The van der Waals surface area contributed by atoms with Crippen molar-refractivity contribution in [1.82, 2.24) is 4.90 Å². The standard InChI is InChI=1S/C12H18ClNO2S/c1-3-4-5-10(12(15)16)14(2)8-9-6-7-11(13)17-9/h6-7,10H,3-5,8H2,1-2H3,(H,15,16). The maximum atomic E-state index is 11.2. The summed E-state index contributed by atoms with van der Waals surface area (Å²) in [6.45, 7) is 2.70. The van der Waals surface area contributed by atoms with Gasteiger partial charge in [0.1, 0.15) is 6.04 Å². The second kappa shape index (κ2) is 6.99. The molecule has 0 radical (unpaired) electrons. The van der Waals surface area contributed by atoms with Crippen molar-refractivity contribution >= 4 is 28.9 Å². The summed E-state index contributed by atoms with van der Waals surface area (Å²) in [6, 6.07) is 3.38. The van der Waals surface area contributed by atoms with Crippen molar-refractivity contribution in [3.05, 3.63) is 21.3 Å². The molecule has 0 spiro atoms. The normalized spacial score (nSPS) is 12.9. The highest BCUT2D eigenvalue weighted by atomic mass is 35.5. The molecule has 1 heterocycles. The van der Waals surface area contributed by atoms with E-state index < -0.39 is 12.0 Å². The summed E-state index contributed by atoms with van der Waals surface area (Å²) in [5, 5.41) is 9.19. The average Bonchev–Trinajstić information content (AvgIpc) is 2.64. The van der Waals surface area contributed by atoms with E-state index in [4.69, 9.17) is 11.6 Å². The molecule has 5 heteroatoms. The van der Waals surface area contributed by atoms with Gasteiger partial charge in [0.2, 0.25) is 0 Å². The summed E-state index contributed by atoms with van der Waals surface area (Å²) < 4.78 is 0.744. The van der Waals surface area contributed by atoms with E-state index in [0.29, 0.717) is 13.0 Å². The molecule has 17 heavy (non-hydrogen) atoms. The first-order valence-corrected chi connectivity index (χ1v) is 6.91. The van der Waals surface area contributed by atoms with Crippen LogP contribution in [0.2, 0.25) is 4.34 Å². The number of rotatable bonds is 7. The number of hydrogen-bond donors (Lipinski definition) is 1. The number of halogens is 1. The Morgan fingerprint density at radius 2 is 2.29 bits per heavy atom. The fourth-order valence-electron chi connectivity index (χ4n) is 1.72. The van der Waals surface area contributed by atoms with E-state index in [2.05, 4.69) is 6.92 Å². The second-order valence-corrected chi connectivity index (χ2v) is 5.92. The van der Waals surface area contributed by atoms with Crippen LogP contribution in [0.4, 0.5) is 0 Å². The van der Waals surface area contributed by atoms with Gasteiger partial charge in [-0.25, -0.2) is 0 Å². The Bertz CT molecular complexity index is 367. The summed E-state index contributed by atoms with van der Waals surface area (Å²) in [6.07, 6.45) is 2.65. The van der Waals surface area contributed by atoms with Gasteiger partial charge in [0.25, 0.3) is 0 Å². The van der Waals surface area contributed by atoms with E-state index in [1.165, 1.54) is 11.3 Å². The van der Waals surface area contributed by atoms with Crippen LogP contribution in [0.5, 0.6) is 0 Å². The molecule has 1 unspecified atom stereocenters. The lowest BCUT2D eigenvalue weighted by Crippen LogP contribution is -2.37. The van der Waals surface area contributed by atoms with Gasteiger partial charge in [-0.2, -0.15) is 0 Å². The number of thiophene rings is 1. The van der Waals surface area contributed by atoms with Crippen molar-refractivity contribution in [3.63, 3.8) is 0 Å². The maximum absolute atomic E-state index is 11.2. The molecule has 1 N–H and O–H groups in total. The minimum Gasteiger partial charge on any atom is -0.480 e. The first-order valence-electron chi connectivity index (χ1n) is 5.71. The molecule has 0 aromatic carbocycles. The summed E-state index contributed by atoms with van der Waals surface area (Å²) in [5.41, 5.74) is 0. The van der Waals surface area contributed by atoms with Gasteiger partial charge in [-0.1, -0.05) is 31.4 Å². The molecular formula is C12H18ClNO2S. The van der Waals surface area contributed by atoms with Gasteiger partial charge >= 0.3 is 5.97 Å². The maximum Gasteiger partial charge on any atom is 0.320 e. The lowest BCUT2D eigenvalue weighted by Gasteiger charge is -2.23. The van der Waals surface area contributed by atoms with Gasteiger partial charge in [0.15, 0.2) is 0 Å². The van der Waals surface area contributed by atoms with Gasteiger partial charge in [-0.3, -0.25) is 9.69 Å².